The topological polar surface area (TPSA) is 73.1 Å². The van der Waals surface area contributed by atoms with Gasteiger partial charge in [0.15, 0.2) is 0 Å². The lowest BCUT2D eigenvalue weighted by Crippen LogP contribution is -2.30. The minimum Gasteiger partial charge on any atom is -0.382 e. The maximum Gasteiger partial charge on any atom is 0.147 e. The van der Waals surface area contributed by atoms with Crippen molar-refractivity contribution in [1.82, 2.24) is 9.97 Å². The Balaban J connectivity index is 1.71. The number of nitrogen functional groups attached to an aromatic ring is 1. The Kier molecular flexibility index (Phi) is 1.98. The fourth-order valence-corrected chi connectivity index (χ4v) is 2.43. The van der Waals surface area contributed by atoms with Gasteiger partial charge in [-0.3, -0.25) is 4.98 Å². The molecule has 3 unspecified atom stereocenters. The molecule has 0 aromatic carbocycles. The van der Waals surface area contributed by atoms with Crippen LogP contribution in [0, 0.1) is 0 Å². The third kappa shape index (κ3) is 1.63. The zero-order valence-corrected chi connectivity index (χ0v) is 8.39. The van der Waals surface area contributed by atoms with E-state index in [1.165, 1.54) is 6.42 Å². The first-order valence-electron chi connectivity index (χ1n) is 5.31. The van der Waals surface area contributed by atoms with Crippen molar-refractivity contribution in [3.63, 3.8) is 0 Å². The molecule has 15 heavy (non-hydrogen) atoms. The zero-order valence-electron chi connectivity index (χ0n) is 8.39. The van der Waals surface area contributed by atoms with Crippen molar-refractivity contribution >= 4 is 11.6 Å². The highest BCUT2D eigenvalue weighted by atomic mass is 16.5. The highest BCUT2D eigenvalue weighted by Gasteiger charge is 2.40. The molecule has 5 heteroatoms. The molecule has 2 saturated heterocycles. The maximum atomic E-state index is 5.75. The Bertz CT molecular complexity index is 370. The highest BCUT2D eigenvalue weighted by Crippen LogP contribution is 2.35. The van der Waals surface area contributed by atoms with Gasteiger partial charge in [-0.05, 0) is 19.3 Å². The third-order valence-corrected chi connectivity index (χ3v) is 3.09. The van der Waals surface area contributed by atoms with Crippen LogP contribution in [0.1, 0.15) is 19.3 Å². The molecule has 2 aliphatic rings. The largest absolute Gasteiger partial charge is 0.382 e. The standard InChI is InChI=1S/C10H14N4O/c11-9-4-12-5-10(14-9)13-7-3-6-1-2-8(7)15-6/h4-8H,1-3H2,(H3,11,13,14). The lowest BCUT2D eigenvalue weighted by molar-refractivity contribution is 0.102. The van der Waals surface area contributed by atoms with Crippen molar-refractivity contribution in [2.45, 2.75) is 37.5 Å². The van der Waals surface area contributed by atoms with E-state index in [9.17, 15) is 0 Å². The maximum absolute atomic E-state index is 5.75. The van der Waals surface area contributed by atoms with Crippen LogP contribution in [0.25, 0.3) is 0 Å². The highest BCUT2D eigenvalue weighted by molar-refractivity contribution is 5.39. The molecule has 3 heterocycles. The predicted octanol–water partition coefficient (Wildman–Crippen LogP) is 0.791. The SMILES string of the molecule is Nc1cncc(NC2CC3CCC2O3)n1. The molecule has 2 fully saturated rings. The van der Waals surface area contributed by atoms with E-state index in [0.717, 1.165) is 18.7 Å². The van der Waals surface area contributed by atoms with E-state index >= 15 is 0 Å². The second kappa shape index (κ2) is 3.34. The summed E-state index contributed by atoms with van der Waals surface area (Å²) in [5.74, 6) is 1.19. The molecule has 1 aromatic rings. The number of aromatic nitrogens is 2. The number of ether oxygens (including phenoxy) is 1. The molecule has 3 N–H and O–H groups in total. The van der Waals surface area contributed by atoms with Crippen LogP contribution in [0.2, 0.25) is 0 Å². The zero-order chi connectivity index (χ0) is 10.3. The van der Waals surface area contributed by atoms with Crippen molar-refractivity contribution in [2.24, 2.45) is 0 Å². The fraction of sp³-hybridized carbons (Fsp3) is 0.600. The summed E-state index contributed by atoms with van der Waals surface area (Å²) >= 11 is 0. The number of rotatable bonds is 2. The Labute approximate surface area is 88.1 Å². The molecular formula is C10H14N4O. The van der Waals surface area contributed by atoms with Crippen molar-refractivity contribution in [3.05, 3.63) is 12.4 Å². The Hall–Kier alpha value is -1.36. The van der Waals surface area contributed by atoms with Gasteiger partial charge in [0.25, 0.3) is 0 Å². The first kappa shape index (κ1) is 8.91. The van der Waals surface area contributed by atoms with E-state index in [1.807, 2.05) is 0 Å². The molecule has 5 nitrogen and oxygen atoms in total. The van der Waals surface area contributed by atoms with Crippen molar-refractivity contribution < 1.29 is 4.74 Å². The van der Waals surface area contributed by atoms with Crippen molar-refractivity contribution in [2.75, 3.05) is 11.1 Å². The van der Waals surface area contributed by atoms with Crippen molar-refractivity contribution in [1.29, 1.82) is 0 Å². The van der Waals surface area contributed by atoms with E-state index < -0.39 is 0 Å². The van der Waals surface area contributed by atoms with Crippen LogP contribution in [-0.4, -0.2) is 28.2 Å². The molecule has 0 saturated carbocycles. The van der Waals surface area contributed by atoms with Gasteiger partial charge in [0.2, 0.25) is 0 Å². The summed E-state index contributed by atoms with van der Waals surface area (Å²) in [5.41, 5.74) is 5.56. The molecule has 2 aliphatic heterocycles. The minimum absolute atomic E-state index is 0.346. The molecule has 0 amide bonds. The van der Waals surface area contributed by atoms with Crippen molar-refractivity contribution in [3.8, 4) is 0 Å². The van der Waals surface area contributed by atoms with E-state index in [4.69, 9.17) is 10.5 Å². The van der Waals surface area contributed by atoms with Gasteiger partial charge in [-0.25, -0.2) is 4.98 Å². The first-order valence-corrected chi connectivity index (χ1v) is 5.31. The summed E-state index contributed by atoms with van der Waals surface area (Å²) in [5, 5.41) is 3.33. The number of anilines is 2. The van der Waals surface area contributed by atoms with Crippen LogP contribution in [0.3, 0.4) is 0 Å². The average Bonchev–Trinajstić information content (AvgIpc) is 2.79. The normalized spacial score (nSPS) is 33.2. The van der Waals surface area contributed by atoms with Gasteiger partial charge in [0.1, 0.15) is 11.6 Å². The summed E-state index contributed by atoms with van der Waals surface area (Å²) in [6.45, 7) is 0. The second-order valence-electron chi connectivity index (χ2n) is 4.19. The average molecular weight is 206 g/mol. The Morgan fingerprint density at radius 2 is 2.33 bits per heavy atom. The van der Waals surface area contributed by atoms with E-state index in [2.05, 4.69) is 15.3 Å². The van der Waals surface area contributed by atoms with E-state index in [0.29, 0.717) is 24.1 Å². The Morgan fingerprint density at radius 3 is 3.00 bits per heavy atom. The van der Waals surface area contributed by atoms with E-state index in [-0.39, 0.29) is 0 Å². The number of fused-ring (bicyclic) bond motifs is 2. The summed E-state index contributed by atoms with van der Waals surface area (Å²) in [7, 11) is 0. The number of hydrogen-bond donors (Lipinski definition) is 2. The number of nitrogens with zero attached hydrogens (tertiary/aromatic N) is 2. The second-order valence-corrected chi connectivity index (χ2v) is 4.19. The molecule has 0 spiro atoms. The summed E-state index contributed by atoms with van der Waals surface area (Å²) < 4.78 is 5.75. The van der Waals surface area contributed by atoms with Gasteiger partial charge >= 0.3 is 0 Å². The third-order valence-electron chi connectivity index (χ3n) is 3.09. The van der Waals surface area contributed by atoms with Gasteiger partial charge in [-0.15, -0.1) is 0 Å². The van der Waals surface area contributed by atoms with Crippen LogP contribution in [0.5, 0.6) is 0 Å². The number of hydrogen-bond acceptors (Lipinski definition) is 5. The minimum atomic E-state index is 0.346. The monoisotopic (exact) mass is 206 g/mol. The van der Waals surface area contributed by atoms with Crippen LogP contribution in [0.4, 0.5) is 11.6 Å². The molecule has 80 valence electrons. The summed E-state index contributed by atoms with van der Waals surface area (Å²) in [4.78, 5) is 8.17. The molecule has 2 bridgehead atoms. The van der Waals surface area contributed by atoms with Crippen LogP contribution in [0.15, 0.2) is 12.4 Å². The predicted molar refractivity (Wildman–Crippen MR) is 56.4 cm³/mol. The van der Waals surface area contributed by atoms with Crippen LogP contribution < -0.4 is 11.1 Å². The molecule has 1 aromatic heterocycles. The lowest BCUT2D eigenvalue weighted by Gasteiger charge is -2.20. The number of nitrogens with one attached hydrogen (secondary N) is 1. The smallest absolute Gasteiger partial charge is 0.147 e. The molecule has 3 atom stereocenters. The molecular weight excluding hydrogens is 192 g/mol. The molecule has 3 rings (SSSR count). The van der Waals surface area contributed by atoms with Gasteiger partial charge in [0, 0.05) is 0 Å². The van der Waals surface area contributed by atoms with Gasteiger partial charge < -0.3 is 15.8 Å². The molecule has 0 radical (unpaired) electrons. The lowest BCUT2D eigenvalue weighted by atomic mass is 9.95. The first-order chi connectivity index (χ1) is 7.31. The fourth-order valence-electron chi connectivity index (χ4n) is 2.43. The van der Waals surface area contributed by atoms with Gasteiger partial charge in [-0.1, -0.05) is 0 Å². The van der Waals surface area contributed by atoms with Crippen LogP contribution in [-0.2, 0) is 4.74 Å². The summed E-state index contributed by atoms with van der Waals surface area (Å²) in [6, 6.07) is 0.375. The van der Waals surface area contributed by atoms with E-state index in [1.54, 1.807) is 12.4 Å². The molecule has 0 aliphatic carbocycles. The Morgan fingerprint density at radius 1 is 1.40 bits per heavy atom. The quantitative estimate of drug-likeness (QED) is 0.748. The summed E-state index contributed by atoms with van der Waals surface area (Å²) in [6.07, 6.45) is 7.45. The van der Waals surface area contributed by atoms with Crippen LogP contribution >= 0.6 is 0 Å². The van der Waals surface area contributed by atoms with Gasteiger partial charge in [0.05, 0.1) is 30.6 Å². The number of nitrogens with two attached hydrogens (primary N) is 1. The van der Waals surface area contributed by atoms with Gasteiger partial charge in [-0.2, -0.15) is 0 Å².